The Morgan fingerprint density at radius 1 is 0.906 bits per heavy atom. The summed E-state index contributed by atoms with van der Waals surface area (Å²) in [5.41, 5.74) is 8.87. The van der Waals surface area contributed by atoms with Gasteiger partial charge in [0, 0.05) is 31.7 Å². The molecule has 0 amide bonds. The van der Waals surface area contributed by atoms with Crippen LogP contribution in [0.1, 0.15) is 11.1 Å². The quantitative estimate of drug-likeness (QED) is 0.322. The minimum absolute atomic E-state index is 0.357. The van der Waals surface area contributed by atoms with Gasteiger partial charge in [-0.25, -0.2) is 5.43 Å². The molecule has 1 N–H and O–H groups in total. The number of nitrogens with one attached hydrogen (secondary N) is 1. The summed E-state index contributed by atoms with van der Waals surface area (Å²) in [5.74, 6) is 0.357. The molecule has 0 radical (unpaired) electrons. The van der Waals surface area contributed by atoms with Gasteiger partial charge in [-0.2, -0.15) is 10.1 Å². The summed E-state index contributed by atoms with van der Waals surface area (Å²) in [6, 6.07) is 26.6. The molecule has 7 nitrogen and oxygen atoms in total. The van der Waals surface area contributed by atoms with Crippen molar-refractivity contribution in [3.63, 3.8) is 0 Å². The number of hydrazone groups is 1. The van der Waals surface area contributed by atoms with Gasteiger partial charge in [-0.3, -0.25) is 0 Å². The van der Waals surface area contributed by atoms with Crippen molar-refractivity contribution in [1.82, 2.24) is 19.7 Å². The highest BCUT2D eigenvalue weighted by atomic mass is 15.4. The topological polar surface area (TPSA) is 71.2 Å². The molecule has 3 aromatic carbocycles. The monoisotopic (exact) mass is 421 g/mol. The lowest BCUT2D eigenvalue weighted by atomic mass is 10.2. The Hall–Kier alpha value is -4.26. The van der Waals surface area contributed by atoms with E-state index in [1.807, 2.05) is 68.7 Å². The predicted octanol–water partition coefficient (Wildman–Crippen LogP) is 4.54. The molecule has 32 heavy (non-hydrogen) atoms. The van der Waals surface area contributed by atoms with Crippen LogP contribution in [-0.2, 0) is 6.54 Å². The number of anilines is 2. The van der Waals surface area contributed by atoms with Gasteiger partial charge in [0.15, 0.2) is 5.65 Å². The highest BCUT2D eigenvalue weighted by Crippen LogP contribution is 2.27. The van der Waals surface area contributed by atoms with Crippen molar-refractivity contribution in [3.05, 3.63) is 90.0 Å². The van der Waals surface area contributed by atoms with Crippen LogP contribution < -0.4 is 10.3 Å². The predicted molar refractivity (Wildman–Crippen MR) is 130 cm³/mol. The van der Waals surface area contributed by atoms with Crippen LogP contribution in [0.4, 0.5) is 11.6 Å². The lowest BCUT2D eigenvalue weighted by molar-refractivity contribution is 0.848. The van der Waals surface area contributed by atoms with Gasteiger partial charge in [0.25, 0.3) is 5.95 Å². The van der Waals surface area contributed by atoms with E-state index in [1.54, 1.807) is 6.21 Å². The first-order valence-electron chi connectivity index (χ1n) is 10.4. The number of nitrogens with zero attached hydrogens (tertiary/aromatic N) is 6. The molecule has 5 rings (SSSR count). The second kappa shape index (κ2) is 8.47. The fraction of sp³-hybridized carbons (Fsp3) is 0.120. The average Bonchev–Trinajstić information content (AvgIpc) is 3.13. The molecule has 0 saturated heterocycles. The number of aromatic nitrogens is 4. The minimum Gasteiger partial charge on any atom is -0.378 e. The summed E-state index contributed by atoms with van der Waals surface area (Å²) in [7, 11) is 4.03. The van der Waals surface area contributed by atoms with Crippen molar-refractivity contribution in [2.45, 2.75) is 6.54 Å². The lowest BCUT2D eigenvalue weighted by Crippen LogP contribution is -2.08. The summed E-state index contributed by atoms with van der Waals surface area (Å²) in [4.78, 5) is 6.79. The SMILES string of the molecule is CN(C)c1ccc(/C=N\Nc2nnc3c4ccccc4n(Cc4ccccc4)c3n2)cc1. The zero-order valence-electron chi connectivity index (χ0n) is 18.0. The standard InChI is InChI=1S/C25H23N7/c1-31(2)20-14-12-18(13-15-20)16-26-29-25-27-24-23(28-30-25)21-10-6-7-11-22(21)32(24)17-19-8-4-3-5-9-19/h3-16H,17H2,1-2H3,(H,27,29,30)/b26-16-. The van der Waals surface area contributed by atoms with Gasteiger partial charge in [0.2, 0.25) is 0 Å². The van der Waals surface area contributed by atoms with Crippen molar-refractivity contribution in [1.29, 1.82) is 0 Å². The minimum atomic E-state index is 0.357. The van der Waals surface area contributed by atoms with E-state index in [0.717, 1.165) is 33.3 Å². The Labute approximate surface area is 186 Å². The van der Waals surface area contributed by atoms with Gasteiger partial charge in [-0.05, 0) is 29.3 Å². The Morgan fingerprint density at radius 3 is 2.44 bits per heavy atom. The first-order valence-corrected chi connectivity index (χ1v) is 10.4. The first kappa shape index (κ1) is 19.7. The number of rotatable bonds is 6. The van der Waals surface area contributed by atoms with Crippen LogP contribution in [0.3, 0.4) is 0 Å². The summed E-state index contributed by atoms with van der Waals surface area (Å²) >= 11 is 0. The van der Waals surface area contributed by atoms with E-state index in [9.17, 15) is 0 Å². The molecule has 0 bridgehead atoms. The second-order valence-corrected chi connectivity index (χ2v) is 7.75. The van der Waals surface area contributed by atoms with Crippen molar-refractivity contribution in [3.8, 4) is 0 Å². The summed E-state index contributed by atoms with van der Waals surface area (Å²) in [6.45, 7) is 0.699. The molecule has 2 aromatic heterocycles. The van der Waals surface area contributed by atoms with Crippen LogP contribution in [0, 0.1) is 0 Å². The van der Waals surface area contributed by atoms with Crippen LogP contribution in [0.15, 0.2) is 84.0 Å². The lowest BCUT2D eigenvalue weighted by Gasteiger charge is -2.11. The first-order chi connectivity index (χ1) is 15.7. The van der Waals surface area contributed by atoms with Crippen LogP contribution in [-0.4, -0.2) is 40.1 Å². The molecule has 0 unspecified atom stereocenters. The van der Waals surface area contributed by atoms with Crippen molar-refractivity contribution in [2.75, 3.05) is 24.4 Å². The molecule has 0 spiro atoms. The van der Waals surface area contributed by atoms with Gasteiger partial charge in [-0.15, -0.1) is 10.2 Å². The van der Waals surface area contributed by atoms with E-state index in [1.165, 1.54) is 5.56 Å². The van der Waals surface area contributed by atoms with Gasteiger partial charge in [0.05, 0.1) is 11.7 Å². The fourth-order valence-corrected chi connectivity index (χ4v) is 3.70. The summed E-state index contributed by atoms with van der Waals surface area (Å²) in [6.07, 6.45) is 1.74. The molecule has 0 aliphatic rings. The maximum Gasteiger partial charge on any atom is 0.265 e. The number of fused-ring (bicyclic) bond motifs is 3. The highest BCUT2D eigenvalue weighted by molar-refractivity contribution is 6.04. The molecule has 0 fully saturated rings. The van der Waals surface area contributed by atoms with E-state index >= 15 is 0 Å². The summed E-state index contributed by atoms with van der Waals surface area (Å²) in [5, 5.41) is 14.0. The van der Waals surface area contributed by atoms with E-state index in [0.29, 0.717) is 12.5 Å². The van der Waals surface area contributed by atoms with E-state index < -0.39 is 0 Å². The second-order valence-electron chi connectivity index (χ2n) is 7.75. The molecular formula is C25H23N7. The Morgan fingerprint density at radius 2 is 1.66 bits per heavy atom. The third kappa shape index (κ3) is 3.88. The molecule has 0 saturated carbocycles. The average molecular weight is 422 g/mol. The Balaban J connectivity index is 1.46. The maximum atomic E-state index is 4.73. The largest absolute Gasteiger partial charge is 0.378 e. The number of hydrogen-bond donors (Lipinski definition) is 1. The van der Waals surface area contributed by atoms with E-state index in [-0.39, 0.29) is 0 Å². The summed E-state index contributed by atoms with van der Waals surface area (Å²) < 4.78 is 2.17. The normalized spacial score (nSPS) is 11.4. The molecule has 7 heteroatoms. The zero-order valence-corrected chi connectivity index (χ0v) is 18.0. The van der Waals surface area contributed by atoms with Gasteiger partial charge >= 0.3 is 0 Å². The Kier molecular flexibility index (Phi) is 5.21. The smallest absolute Gasteiger partial charge is 0.265 e. The molecule has 0 aliphatic carbocycles. The molecule has 5 aromatic rings. The van der Waals surface area contributed by atoms with Gasteiger partial charge in [-0.1, -0.05) is 60.7 Å². The van der Waals surface area contributed by atoms with Crippen molar-refractivity contribution in [2.24, 2.45) is 5.10 Å². The number of hydrogen-bond acceptors (Lipinski definition) is 6. The van der Waals surface area contributed by atoms with Crippen LogP contribution in [0.25, 0.3) is 22.1 Å². The van der Waals surface area contributed by atoms with Gasteiger partial charge < -0.3 is 9.47 Å². The van der Waals surface area contributed by atoms with E-state index in [2.05, 4.69) is 54.5 Å². The third-order valence-corrected chi connectivity index (χ3v) is 5.35. The van der Waals surface area contributed by atoms with Crippen molar-refractivity contribution >= 4 is 39.9 Å². The number of benzene rings is 3. The fourth-order valence-electron chi connectivity index (χ4n) is 3.70. The van der Waals surface area contributed by atoms with Crippen LogP contribution in [0.5, 0.6) is 0 Å². The number of para-hydroxylation sites is 1. The zero-order chi connectivity index (χ0) is 21.9. The molecule has 2 heterocycles. The van der Waals surface area contributed by atoms with Gasteiger partial charge in [0.1, 0.15) is 5.52 Å². The highest BCUT2D eigenvalue weighted by Gasteiger charge is 2.14. The molecule has 0 aliphatic heterocycles. The van der Waals surface area contributed by atoms with Crippen LogP contribution in [0.2, 0.25) is 0 Å². The van der Waals surface area contributed by atoms with Crippen LogP contribution >= 0.6 is 0 Å². The molecular weight excluding hydrogens is 398 g/mol. The third-order valence-electron chi connectivity index (χ3n) is 5.35. The Bertz CT molecular complexity index is 1390. The maximum absolute atomic E-state index is 4.73. The van der Waals surface area contributed by atoms with E-state index in [4.69, 9.17) is 4.98 Å². The van der Waals surface area contributed by atoms with Crippen molar-refractivity contribution < 1.29 is 0 Å². The molecule has 0 atom stereocenters. The molecule has 158 valence electrons.